The van der Waals surface area contributed by atoms with E-state index in [9.17, 15) is 14.4 Å². The summed E-state index contributed by atoms with van der Waals surface area (Å²) >= 11 is 0. The number of amides is 3. The van der Waals surface area contributed by atoms with Crippen LogP contribution in [0.3, 0.4) is 0 Å². The molecule has 0 spiro atoms. The van der Waals surface area contributed by atoms with E-state index in [2.05, 4.69) is 10.6 Å². The summed E-state index contributed by atoms with van der Waals surface area (Å²) in [5, 5.41) is 5.93. The number of likely N-dealkylation sites (tertiary alicyclic amines) is 1. The van der Waals surface area contributed by atoms with Crippen molar-refractivity contribution in [1.82, 2.24) is 15.5 Å². The summed E-state index contributed by atoms with van der Waals surface area (Å²) in [6.45, 7) is 5.87. The molecule has 0 aliphatic carbocycles. The zero-order valence-electron chi connectivity index (χ0n) is 21.0. The highest BCUT2D eigenvalue weighted by molar-refractivity contribution is 5.98. The Kier molecular flexibility index (Phi) is 8.46. The first kappa shape index (κ1) is 25.5. The second-order valence-corrected chi connectivity index (χ2v) is 9.86. The van der Waals surface area contributed by atoms with Gasteiger partial charge in [0.15, 0.2) is 11.5 Å². The Bertz CT molecular complexity index is 1060. The number of piperidine rings is 1. The topological polar surface area (TPSA) is 97.0 Å². The van der Waals surface area contributed by atoms with E-state index in [1.807, 2.05) is 49.1 Å². The summed E-state index contributed by atoms with van der Waals surface area (Å²) in [5.41, 5.74) is 1.56. The number of ether oxygens (including phenoxy) is 2. The van der Waals surface area contributed by atoms with Crippen LogP contribution >= 0.6 is 0 Å². The van der Waals surface area contributed by atoms with Crippen molar-refractivity contribution in [3.63, 3.8) is 0 Å². The highest BCUT2D eigenvalue weighted by atomic mass is 16.7. The van der Waals surface area contributed by atoms with E-state index in [1.165, 1.54) is 0 Å². The van der Waals surface area contributed by atoms with Crippen LogP contribution in [-0.2, 0) is 16.0 Å². The number of benzene rings is 2. The molecule has 0 bridgehead atoms. The number of hydrogen-bond donors (Lipinski definition) is 2. The second-order valence-electron chi connectivity index (χ2n) is 9.86. The van der Waals surface area contributed by atoms with Crippen LogP contribution in [0.4, 0.5) is 0 Å². The fourth-order valence-corrected chi connectivity index (χ4v) is 4.61. The Balaban J connectivity index is 1.37. The molecule has 4 rings (SSSR count). The van der Waals surface area contributed by atoms with Gasteiger partial charge in [-0.1, -0.05) is 44.2 Å². The van der Waals surface area contributed by atoms with E-state index in [1.54, 1.807) is 18.2 Å². The zero-order valence-corrected chi connectivity index (χ0v) is 21.0. The minimum atomic E-state index is -0.678. The Hall–Kier alpha value is -3.55. The van der Waals surface area contributed by atoms with Crippen molar-refractivity contribution in [3.05, 3.63) is 59.7 Å². The molecule has 2 N–H and O–H groups in total. The van der Waals surface area contributed by atoms with Crippen molar-refractivity contribution in [1.29, 1.82) is 0 Å². The van der Waals surface area contributed by atoms with Gasteiger partial charge in [0.05, 0.1) is 0 Å². The van der Waals surface area contributed by atoms with Crippen LogP contribution in [-0.4, -0.2) is 55.1 Å². The number of nitrogens with one attached hydrogen (secondary N) is 2. The van der Waals surface area contributed by atoms with Gasteiger partial charge in [0.2, 0.25) is 18.6 Å². The first-order valence-electron chi connectivity index (χ1n) is 12.7. The SMILES string of the molecule is CC(C)CNC(=O)[C@@H](NC(=O)c1ccc2c(c1)OCO2)C1CCN(C(=O)CCc2ccccc2)CC1. The van der Waals surface area contributed by atoms with Gasteiger partial charge in [0.25, 0.3) is 5.91 Å². The predicted octanol–water partition coefficient (Wildman–Crippen LogP) is 3.16. The van der Waals surface area contributed by atoms with Crippen LogP contribution in [0.1, 0.15) is 49.0 Å². The molecule has 2 aromatic carbocycles. The van der Waals surface area contributed by atoms with Crippen molar-refractivity contribution in [3.8, 4) is 11.5 Å². The molecule has 2 aliphatic rings. The van der Waals surface area contributed by atoms with E-state index < -0.39 is 6.04 Å². The van der Waals surface area contributed by atoms with E-state index >= 15 is 0 Å². The molecule has 0 saturated carbocycles. The molecule has 3 amide bonds. The van der Waals surface area contributed by atoms with Crippen molar-refractivity contribution in [2.45, 2.75) is 45.6 Å². The normalized spacial score (nSPS) is 16.0. The Morgan fingerprint density at radius 3 is 2.44 bits per heavy atom. The van der Waals surface area contributed by atoms with Gasteiger partial charge in [-0.05, 0) is 54.9 Å². The fraction of sp³-hybridized carbons (Fsp3) is 0.464. The molecule has 8 nitrogen and oxygen atoms in total. The predicted molar refractivity (Wildman–Crippen MR) is 136 cm³/mol. The molecule has 36 heavy (non-hydrogen) atoms. The number of carbonyl (C=O) groups excluding carboxylic acids is 3. The number of hydrogen-bond acceptors (Lipinski definition) is 5. The highest BCUT2D eigenvalue weighted by Gasteiger charge is 2.34. The van der Waals surface area contributed by atoms with E-state index in [4.69, 9.17) is 9.47 Å². The van der Waals surface area contributed by atoms with Gasteiger partial charge in [-0.2, -0.15) is 0 Å². The van der Waals surface area contributed by atoms with Crippen LogP contribution in [0.5, 0.6) is 11.5 Å². The van der Waals surface area contributed by atoms with Crippen molar-refractivity contribution < 1.29 is 23.9 Å². The van der Waals surface area contributed by atoms with E-state index in [0.29, 0.717) is 68.3 Å². The molecule has 0 radical (unpaired) electrons. The summed E-state index contributed by atoms with van der Waals surface area (Å²) in [6, 6.07) is 14.3. The highest BCUT2D eigenvalue weighted by Crippen LogP contribution is 2.32. The maximum atomic E-state index is 13.1. The average molecular weight is 494 g/mol. The number of carbonyl (C=O) groups is 3. The van der Waals surface area contributed by atoms with Crippen LogP contribution in [0, 0.1) is 11.8 Å². The second kappa shape index (κ2) is 11.9. The molecule has 2 aliphatic heterocycles. The first-order chi connectivity index (χ1) is 17.4. The number of rotatable bonds is 9. The standard InChI is InChI=1S/C28H35N3O5/c1-19(2)17-29-28(34)26(30-27(33)22-9-10-23-24(16-22)36-18-35-23)21-12-14-31(15-13-21)25(32)11-8-20-6-4-3-5-7-20/h3-7,9-10,16,19,21,26H,8,11-15,17-18H2,1-2H3,(H,29,34)(H,30,33)/t26-/m0/s1. The molecule has 0 unspecified atom stereocenters. The molecule has 1 saturated heterocycles. The molecule has 2 aromatic rings. The lowest BCUT2D eigenvalue weighted by atomic mass is 9.88. The summed E-state index contributed by atoms with van der Waals surface area (Å²) in [4.78, 5) is 40.9. The molecule has 192 valence electrons. The summed E-state index contributed by atoms with van der Waals surface area (Å²) in [7, 11) is 0. The summed E-state index contributed by atoms with van der Waals surface area (Å²) < 4.78 is 10.7. The summed E-state index contributed by atoms with van der Waals surface area (Å²) in [5.74, 6) is 0.956. The lowest BCUT2D eigenvalue weighted by Crippen LogP contribution is -2.54. The smallest absolute Gasteiger partial charge is 0.252 e. The Labute approximate surface area is 212 Å². The quantitative estimate of drug-likeness (QED) is 0.559. The largest absolute Gasteiger partial charge is 0.454 e. The molecule has 8 heteroatoms. The lowest BCUT2D eigenvalue weighted by Gasteiger charge is -2.36. The maximum Gasteiger partial charge on any atom is 0.252 e. The third kappa shape index (κ3) is 6.56. The molecular weight excluding hydrogens is 458 g/mol. The number of fused-ring (bicyclic) bond motifs is 1. The Morgan fingerprint density at radius 2 is 1.72 bits per heavy atom. The molecule has 2 heterocycles. The van der Waals surface area contributed by atoms with Crippen molar-refractivity contribution in [2.24, 2.45) is 11.8 Å². The van der Waals surface area contributed by atoms with Gasteiger partial charge >= 0.3 is 0 Å². The lowest BCUT2D eigenvalue weighted by molar-refractivity contribution is -0.133. The number of nitrogens with zero attached hydrogens (tertiary/aromatic N) is 1. The fourth-order valence-electron chi connectivity index (χ4n) is 4.61. The third-order valence-electron chi connectivity index (χ3n) is 6.72. The van der Waals surface area contributed by atoms with Gasteiger partial charge in [-0.3, -0.25) is 14.4 Å². The minimum absolute atomic E-state index is 0.0618. The zero-order chi connectivity index (χ0) is 25.5. The van der Waals surface area contributed by atoms with Crippen molar-refractivity contribution in [2.75, 3.05) is 26.4 Å². The molecular formula is C28H35N3O5. The molecule has 1 fully saturated rings. The van der Waals surface area contributed by atoms with E-state index in [-0.39, 0.29) is 30.4 Å². The van der Waals surface area contributed by atoms with Crippen LogP contribution in [0.15, 0.2) is 48.5 Å². The van der Waals surface area contributed by atoms with Crippen LogP contribution in [0.2, 0.25) is 0 Å². The monoisotopic (exact) mass is 493 g/mol. The first-order valence-corrected chi connectivity index (χ1v) is 12.7. The summed E-state index contributed by atoms with van der Waals surface area (Å²) in [6.07, 6.45) is 2.48. The molecule has 1 atom stereocenters. The van der Waals surface area contributed by atoms with Gasteiger partial charge in [-0.25, -0.2) is 0 Å². The van der Waals surface area contributed by atoms with Crippen LogP contribution in [0.25, 0.3) is 0 Å². The molecule has 0 aromatic heterocycles. The average Bonchev–Trinajstić information content (AvgIpc) is 3.37. The minimum Gasteiger partial charge on any atom is -0.454 e. The third-order valence-corrected chi connectivity index (χ3v) is 6.72. The van der Waals surface area contributed by atoms with E-state index in [0.717, 1.165) is 5.56 Å². The number of aryl methyl sites for hydroxylation is 1. The Morgan fingerprint density at radius 1 is 1.00 bits per heavy atom. The van der Waals surface area contributed by atoms with Gasteiger partial charge in [0, 0.05) is 31.6 Å². The van der Waals surface area contributed by atoms with Gasteiger partial charge < -0.3 is 25.0 Å². The maximum absolute atomic E-state index is 13.1. The van der Waals surface area contributed by atoms with Gasteiger partial charge in [0.1, 0.15) is 6.04 Å². The van der Waals surface area contributed by atoms with Crippen LogP contribution < -0.4 is 20.1 Å². The van der Waals surface area contributed by atoms with Gasteiger partial charge in [-0.15, -0.1) is 0 Å². The van der Waals surface area contributed by atoms with Crippen molar-refractivity contribution >= 4 is 17.7 Å².